The van der Waals surface area contributed by atoms with Crippen molar-refractivity contribution in [2.45, 2.75) is 39.0 Å². The second kappa shape index (κ2) is 7.63. The van der Waals surface area contributed by atoms with E-state index in [1.165, 1.54) is 6.04 Å². The van der Waals surface area contributed by atoms with Crippen LogP contribution >= 0.6 is 0 Å². The molecule has 0 aliphatic carbocycles. The summed E-state index contributed by atoms with van der Waals surface area (Å²) < 4.78 is 10.3. The van der Waals surface area contributed by atoms with Crippen LogP contribution in [0, 0.1) is 0 Å². The van der Waals surface area contributed by atoms with Gasteiger partial charge in [-0.05, 0) is 13.3 Å². The summed E-state index contributed by atoms with van der Waals surface area (Å²) in [4.78, 5) is 11.0. The molecule has 0 saturated heterocycles. The van der Waals surface area contributed by atoms with Gasteiger partial charge in [0.2, 0.25) is 0 Å². The highest BCUT2D eigenvalue weighted by Gasteiger charge is 2.11. The average molecular weight is 244 g/mol. The summed E-state index contributed by atoms with van der Waals surface area (Å²) in [5.74, 6) is -0.342. The molecule has 16 heavy (non-hydrogen) atoms. The Morgan fingerprint density at radius 3 is 2.31 bits per heavy atom. The maximum atomic E-state index is 11.0. The molecule has 0 unspecified atom stereocenters. The molecule has 0 N–H and O–H groups in total. The molecule has 0 rings (SSSR count). The highest BCUT2D eigenvalue weighted by Crippen LogP contribution is 2.10. The lowest BCUT2D eigenvalue weighted by atomic mass is 10.4. The Labute approximate surface area is 99.8 Å². The first kappa shape index (κ1) is 15.4. The van der Waals surface area contributed by atoms with Gasteiger partial charge in [0.1, 0.15) is 6.61 Å². The molecule has 0 amide bonds. The van der Waals surface area contributed by atoms with Crippen molar-refractivity contribution in [2.24, 2.45) is 0 Å². The maximum Gasteiger partial charge on any atom is 0.333 e. The first-order valence-corrected chi connectivity index (χ1v) is 9.44. The van der Waals surface area contributed by atoms with Gasteiger partial charge >= 0.3 is 5.97 Å². The number of rotatable bonds is 8. The second-order valence-corrected chi connectivity index (χ2v) is 10.8. The monoisotopic (exact) mass is 244 g/mol. The molecule has 0 atom stereocenters. The predicted octanol–water partition coefficient (Wildman–Crippen LogP) is 2.85. The Kier molecular flexibility index (Phi) is 7.33. The van der Waals surface area contributed by atoms with Gasteiger partial charge in [-0.25, -0.2) is 4.79 Å². The van der Waals surface area contributed by atoms with Crippen LogP contribution in [-0.4, -0.2) is 33.9 Å². The molecule has 0 aromatic heterocycles. The molecule has 0 aromatic rings. The van der Waals surface area contributed by atoms with Crippen LogP contribution in [-0.2, 0) is 14.3 Å². The van der Waals surface area contributed by atoms with Gasteiger partial charge < -0.3 is 9.47 Å². The third-order valence-corrected chi connectivity index (χ3v) is 3.88. The van der Waals surface area contributed by atoms with Crippen LogP contribution < -0.4 is 0 Å². The zero-order valence-corrected chi connectivity index (χ0v) is 12.0. The van der Waals surface area contributed by atoms with Crippen LogP contribution in [0.5, 0.6) is 0 Å². The van der Waals surface area contributed by atoms with E-state index in [0.29, 0.717) is 18.8 Å². The highest BCUT2D eigenvalue weighted by atomic mass is 28.3. The summed E-state index contributed by atoms with van der Waals surface area (Å²) in [6, 6.07) is 1.28. The molecule has 0 bridgehead atoms. The van der Waals surface area contributed by atoms with Crippen molar-refractivity contribution in [3.05, 3.63) is 12.2 Å². The summed E-state index contributed by atoms with van der Waals surface area (Å²) in [5.41, 5.74) is 0.429. The van der Waals surface area contributed by atoms with Crippen LogP contribution in [0.3, 0.4) is 0 Å². The second-order valence-electron chi connectivity index (χ2n) is 5.19. The van der Waals surface area contributed by atoms with Crippen LogP contribution in [0.15, 0.2) is 12.2 Å². The van der Waals surface area contributed by atoms with Crippen molar-refractivity contribution in [3.63, 3.8) is 0 Å². The molecule has 0 aliphatic rings. The minimum absolute atomic E-state index is 0.318. The molecule has 0 radical (unpaired) electrons. The van der Waals surface area contributed by atoms with Crippen molar-refractivity contribution < 1.29 is 14.3 Å². The molecule has 0 aromatic carbocycles. The van der Waals surface area contributed by atoms with E-state index in [9.17, 15) is 4.79 Å². The van der Waals surface area contributed by atoms with Gasteiger partial charge in [0.05, 0.1) is 6.61 Å². The van der Waals surface area contributed by atoms with E-state index in [-0.39, 0.29) is 5.97 Å². The number of carbonyl (C=O) groups is 1. The van der Waals surface area contributed by atoms with Gasteiger partial charge in [0.25, 0.3) is 0 Å². The number of hydrogen-bond acceptors (Lipinski definition) is 3. The molecule has 0 heterocycles. The Balaban J connectivity index is 3.29. The topological polar surface area (TPSA) is 35.5 Å². The summed E-state index contributed by atoms with van der Waals surface area (Å²) in [6.45, 7) is 13.7. The Morgan fingerprint density at radius 1 is 1.19 bits per heavy atom. The van der Waals surface area contributed by atoms with Gasteiger partial charge in [-0.1, -0.05) is 32.3 Å². The summed E-state index contributed by atoms with van der Waals surface area (Å²) >= 11 is 0. The van der Waals surface area contributed by atoms with E-state index < -0.39 is 8.07 Å². The minimum atomic E-state index is -0.935. The predicted molar refractivity (Wildman–Crippen MR) is 69.4 cm³/mol. The quantitative estimate of drug-likeness (QED) is 0.285. The molecule has 0 fully saturated rings. The standard InChI is InChI=1S/C12H24O3Si/c1-11(2)12(13)15-9-8-14-7-6-10-16(3,4)5/h1,6-10H2,2-5H3. The fraction of sp³-hybridized carbons (Fsp3) is 0.750. The third kappa shape index (κ3) is 9.92. The van der Waals surface area contributed by atoms with Crippen molar-refractivity contribution in [3.8, 4) is 0 Å². The molecule has 4 heteroatoms. The van der Waals surface area contributed by atoms with Gasteiger partial charge in [0.15, 0.2) is 0 Å². The summed E-state index contributed by atoms with van der Waals surface area (Å²) in [7, 11) is -0.935. The van der Waals surface area contributed by atoms with Crippen LogP contribution in [0.1, 0.15) is 13.3 Å². The van der Waals surface area contributed by atoms with Gasteiger partial charge in [-0.3, -0.25) is 0 Å². The largest absolute Gasteiger partial charge is 0.460 e. The number of hydrogen-bond donors (Lipinski definition) is 0. The van der Waals surface area contributed by atoms with E-state index in [1.807, 2.05) is 0 Å². The SMILES string of the molecule is C=C(C)C(=O)OCCOCCC[Si](C)(C)C. The van der Waals surface area contributed by atoms with E-state index in [2.05, 4.69) is 26.2 Å². The molecule has 0 spiro atoms. The van der Waals surface area contributed by atoms with Crippen molar-refractivity contribution in [1.29, 1.82) is 0 Å². The fourth-order valence-electron chi connectivity index (χ4n) is 1.12. The highest BCUT2D eigenvalue weighted by molar-refractivity contribution is 6.76. The summed E-state index contributed by atoms with van der Waals surface area (Å²) in [5, 5.41) is 0. The van der Waals surface area contributed by atoms with Gasteiger partial charge in [0, 0.05) is 20.3 Å². The van der Waals surface area contributed by atoms with Crippen LogP contribution in [0.4, 0.5) is 0 Å². The molecule has 94 valence electrons. The normalized spacial score (nSPS) is 11.2. The lowest BCUT2D eigenvalue weighted by Crippen LogP contribution is -2.20. The first-order valence-electron chi connectivity index (χ1n) is 5.73. The zero-order chi connectivity index (χ0) is 12.6. The van der Waals surface area contributed by atoms with Crippen molar-refractivity contribution in [2.75, 3.05) is 19.8 Å². The van der Waals surface area contributed by atoms with E-state index >= 15 is 0 Å². The van der Waals surface area contributed by atoms with E-state index in [1.54, 1.807) is 6.92 Å². The number of ether oxygens (including phenoxy) is 2. The number of carbonyl (C=O) groups excluding carboxylic acids is 1. The smallest absolute Gasteiger partial charge is 0.333 e. The average Bonchev–Trinajstić information content (AvgIpc) is 2.14. The Bertz CT molecular complexity index is 231. The van der Waals surface area contributed by atoms with Crippen molar-refractivity contribution in [1.82, 2.24) is 0 Å². The van der Waals surface area contributed by atoms with Crippen LogP contribution in [0.25, 0.3) is 0 Å². The van der Waals surface area contributed by atoms with E-state index in [4.69, 9.17) is 9.47 Å². The maximum absolute atomic E-state index is 11.0. The summed E-state index contributed by atoms with van der Waals surface area (Å²) in [6.07, 6.45) is 1.10. The molecule has 0 aliphatic heterocycles. The molecular weight excluding hydrogens is 220 g/mol. The van der Waals surface area contributed by atoms with Crippen molar-refractivity contribution >= 4 is 14.0 Å². The fourth-order valence-corrected chi connectivity index (χ4v) is 2.33. The number of esters is 1. The first-order chi connectivity index (χ1) is 7.33. The zero-order valence-electron chi connectivity index (χ0n) is 11.0. The molecule has 0 saturated carbocycles. The Morgan fingerprint density at radius 2 is 1.81 bits per heavy atom. The van der Waals surface area contributed by atoms with E-state index in [0.717, 1.165) is 13.0 Å². The Hall–Kier alpha value is -0.613. The minimum Gasteiger partial charge on any atom is -0.460 e. The van der Waals surface area contributed by atoms with Gasteiger partial charge in [-0.15, -0.1) is 0 Å². The lowest BCUT2D eigenvalue weighted by molar-refractivity contribution is -0.140. The molecule has 3 nitrogen and oxygen atoms in total. The molecular formula is C12H24O3Si. The third-order valence-electron chi connectivity index (χ3n) is 2.02. The lowest BCUT2D eigenvalue weighted by Gasteiger charge is -2.15. The van der Waals surface area contributed by atoms with Crippen LogP contribution in [0.2, 0.25) is 25.7 Å². The van der Waals surface area contributed by atoms with Gasteiger partial charge in [-0.2, -0.15) is 0 Å².